The summed E-state index contributed by atoms with van der Waals surface area (Å²) < 4.78 is 18.7. The average Bonchev–Trinajstić information content (AvgIpc) is 3.29. The van der Waals surface area contributed by atoms with Crippen LogP contribution in [0.2, 0.25) is 0 Å². The number of amides is 1. The third-order valence-corrected chi connectivity index (χ3v) is 6.39. The summed E-state index contributed by atoms with van der Waals surface area (Å²) in [5, 5.41) is 0. The van der Waals surface area contributed by atoms with Gasteiger partial charge in [-0.1, -0.05) is 42.5 Å². The van der Waals surface area contributed by atoms with Crippen molar-refractivity contribution in [3.8, 4) is 11.5 Å². The van der Waals surface area contributed by atoms with Crippen molar-refractivity contribution in [2.75, 3.05) is 31.8 Å². The van der Waals surface area contributed by atoms with E-state index in [1.165, 1.54) is 0 Å². The Balaban J connectivity index is 1.66. The van der Waals surface area contributed by atoms with E-state index in [1.807, 2.05) is 83.4 Å². The van der Waals surface area contributed by atoms with Gasteiger partial charge in [0.1, 0.15) is 11.5 Å². The molecule has 0 fully saturated rings. The molecule has 2 atom stereocenters. The number of carbonyl (C=O) groups is 2. The van der Waals surface area contributed by atoms with Gasteiger partial charge in [-0.25, -0.2) is 4.98 Å². The molecule has 0 aliphatic carbocycles. The number of para-hydroxylation sites is 3. The number of imidazole rings is 1. The maximum Gasteiger partial charge on any atom is 0.321 e. The van der Waals surface area contributed by atoms with Crippen molar-refractivity contribution in [2.45, 2.75) is 19.4 Å². The molecule has 0 N–H and O–H groups in total. The van der Waals surface area contributed by atoms with Crippen molar-refractivity contribution in [2.24, 2.45) is 5.92 Å². The number of ether oxygens (including phenoxy) is 3. The third kappa shape index (κ3) is 4.80. The summed E-state index contributed by atoms with van der Waals surface area (Å²) >= 11 is 0. The number of hydrogen-bond donors (Lipinski definition) is 0. The van der Waals surface area contributed by atoms with Crippen LogP contribution >= 0.6 is 0 Å². The second-order valence-corrected chi connectivity index (χ2v) is 8.77. The maximum absolute atomic E-state index is 13.9. The molecule has 3 aromatic carbocycles. The van der Waals surface area contributed by atoms with Crippen LogP contribution in [-0.4, -0.2) is 48.3 Å². The van der Waals surface area contributed by atoms with Crippen molar-refractivity contribution in [3.63, 3.8) is 0 Å². The molecular weight excluding hydrogens is 470 g/mol. The zero-order valence-corrected chi connectivity index (χ0v) is 20.9. The van der Waals surface area contributed by atoms with E-state index in [2.05, 4.69) is 0 Å². The highest BCUT2D eigenvalue weighted by Crippen LogP contribution is 2.42. The predicted octanol–water partition coefficient (Wildman–Crippen LogP) is 4.98. The summed E-state index contributed by atoms with van der Waals surface area (Å²) in [6, 6.07) is 24.0. The topological polar surface area (TPSA) is 82.9 Å². The number of esters is 1. The second-order valence-electron chi connectivity index (χ2n) is 8.77. The minimum Gasteiger partial charge on any atom is -0.465 e. The number of aromatic nitrogens is 2. The number of hydrogen-bond acceptors (Lipinski definition) is 6. The SMILES string of the molecule is CCOC(=O)C1C(=O)N(CCCOC)c2nc3ccccc3n2C1c1cccc(Oc2ccccc2)c1. The van der Waals surface area contributed by atoms with Crippen molar-refractivity contribution in [1.82, 2.24) is 9.55 Å². The Kier molecular flexibility index (Phi) is 7.18. The molecule has 190 valence electrons. The van der Waals surface area contributed by atoms with Gasteiger partial charge in [0, 0.05) is 20.3 Å². The van der Waals surface area contributed by atoms with Gasteiger partial charge in [0.25, 0.3) is 0 Å². The lowest BCUT2D eigenvalue weighted by Crippen LogP contribution is -2.50. The smallest absolute Gasteiger partial charge is 0.321 e. The number of anilines is 1. The van der Waals surface area contributed by atoms with Gasteiger partial charge in [-0.2, -0.15) is 0 Å². The standard InChI is InChI=1S/C29H29N3O5/c1-3-36-28(34)25-26(20-11-9-14-22(19-20)37-21-12-5-4-6-13-21)32-24-16-8-7-15-23(24)30-29(32)31(27(25)33)17-10-18-35-2/h4-9,11-16,19,25-26H,3,10,17-18H2,1-2H3. The normalized spacial score (nSPS) is 17.0. The molecule has 37 heavy (non-hydrogen) atoms. The van der Waals surface area contributed by atoms with Crippen LogP contribution in [0, 0.1) is 5.92 Å². The number of fused-ring (bicyclic) bond motifs is 3. The number of rotatable bonds is 9. The number of carbonyl (C=O) groups excluding carboxylic acids is 2. The minimum absolute atomic E-state index is 0.174. The highest BCUT2D eigenvalue weighted by Gasteiger charge is 2.47. The molecule has 8 heteroatoms. The Morgan fingerprint density at radius 1 is 0.973 bits per heavy atom. The lowest BCUT2D eigenvalue weighted by molar-refractivity contribution is -0.153. The summed E-state index contributed by atoms with van der Waals surface area (Å²) in [5.74, 6) is -0.183. The maximum atomic E-state index is 13.9. The molecule has 1 amide bonds. The van der Waals surface area contributed by atoms with E-state index in [9.17, 15) is 9.59 Å². The Bertz CT molecular complexity index is 1400. The summed E-state index contributed by atoms with van der Waals surface area (Å²) in [5.41, 5.74) is 2.32. The van der Waals surface area contributed by atoms with Crippen molar-refractivity contribution < 1.29 is 23.8 Å². The molecule has 0 saturated carbocycles. The zero-order chi connectivity index (χ0) is 25.8. The third-order valence-electron chi connectivity index (χ3n) is 6.39. The fourth-order valence-electron chi connectivity index (χ4n) is 4.81. The van der Waals surface area contributed by atoms with Crippen LogP contribution in [0.5, 0.6) is 11.5 Å². The van der Waals surface area contributed by atoms with E-state index in [4.69, 9.17) is 19.2 Å². The molecule has 8 nitrogen and oxygen atoms in total. The monoisotopic (exact) mass is 499 g/mol. The molecule has 5 rings (SSSR count). The van der Waals surface area contributed by atoms with Crippen LogP contribution < -0.4 is 9.64 Å². The molecule has 0 spiro atoms. The van der Waals surface area contributed by atoms with Crippen LogP contribution in [0.25, 0.3) is 11.0 Å². The summed E-state index contributed by atoms with van der Waals surface area (Å²) in [6.07, 6.45) is 0.603. The van der Waals surface area contributed by atoms with Gasteiger partial charge in [-0.3, -0.25) is 14.5 Å². The predicted molar refractivity (Wildman–Crippen MR) is 140 cm³/mol. The van der Waals surface area contributed by atoms with E-state index in [1.54, 1.807) is 18.9 Å². The van der Waals surface area contributed by atoms with Gasteiger partial charge in [-0.05, 0) is 55.3 Å². The highest BCUT2D eigenvalue weighted by molar-refractivity contribution is 6.08. The largest absolute Gasteiger partial charge is 0.465 e. The van der Waals surface area contributed by atoms with Crippen molar-refractivity contribution in [3.05, 3.63) is 84.4 Å². The lowest BCUT2D eigenvalue weighted by atomic mass is 9.89. The van der Waals surface area contributed by atoms with Gasteiger partial charge in [-0.15, -0.1) is 0 Å². The van der Waals surface area contributed by atoms with Crippen molar-refractivity contribution >= 4 is 28.9 Å². The fourth-order valence-corrected chi connectivity index (χ4v) is 4.81. The zero-order valence-electron chi connectivity index (χ0n) is 20.9. The molecule has 1 aliphatic heterocycles. The summed E-state index contributed by atoms with van der Waals surface area (Å²) in [6.45, 7) is 2.77. The van der Waals surface area contributed by atoms with E-state index >= 15 is 0 Å². The van der Waals surface area contributed by atoms with Gasteiger partial charge >= 0.3 is 5.97 Å². The molecule has 0 saturated heterocycles. The molecular formula is C29H29N3O5. The molecule has 2 heterocycles. The molecule has 1 aliphatic rings. The first-order valence-corrected chi connectivity index (χ1v) is 12.4. The van der Waals surface area contributed by atoms with E-state index in [0.29, 0.717) is 37.0 Å². The Morgan fingerprint density at radius 3 is 2.51 bits per heavy atom. The minimum atomic E-state index is -1.08. The average molecular weight is 500 g/mol. The lowest BCUT2D eigenvalue weighted by Gasteiger charge is -2.38. The van der Waals surface area contributed by atoms with E-state index < -0.39 is 17.9 Å². The number of nitrogens with zero attached hydrogens (tertiary/aromatic N) is 3. The van der Waals surface area contributed by atoms with Crippen LogP contribution in [0.4, 0.5) is 5.95 Å². The van der Waals surface area contributed by atoms with Crippen LogP contribution in [-0.2, 0) is 19.1 Å². The number of benzene rings is 3. The Labute approximate surface area is 215 Å². The van der Waals surface area contributed by atoms with E-state index in [0.717, 1.165) is 16.6 Å². The van der Waals surface area contributed by atoms with Gasteiger partial charge in [0.15, 0.2) is 5.92 Å². The Morgan fingerprint density at radius 2 is 1.73 bits per heavy atom. The van der Waals surface area contributed by atoms with Gasteiger partial charge in [0.2, 0.25) is 11.9 Å². The van der Waals surface area contributed by atoms with E-state index in [-0.39, 0.29) is 12.5 Å². The van der Waals surface area contributed by atoms with Crippen LogP contribution in [0.3, 0.4) is 0 Å². The Hall–Kier alpha value is -4.17. The summed E-state index contributed by atoms with van der Waals surface area (Å²) in [4.78, 5) is 33.7. The van der Waals surface area contributed by atoms with Crippen molar-refractivity contribution in [1.29, 1.82) is 0 Å². The first kappa shape index (κ1) is 24.5. The molecule has 1 aromatic heterocycles. The summed E-state index contributed by atoms with van der Waals surface area (Å²) in [7, 11) is 1.62. The van der Waals surface area contributed by atoms with Crippen LogP contribution in [0.1, 0.15) is 24.9 Å². The first-order valence-electron chi connectivity index (χ1n) is 12.4. The van der Waals surface area contributed by atoms with Gasteiger partial charge < -0.3 is 18.8 Å². The molecule has 4 aromatic rings. The fraction of sp³-hybridized carbons (Fsp3) is 0.276. The second kappa shape index (κ2) is 10.8. The first-order chi connectivity index (χ1) is 18.1. The molecule has 0 radical (unpaired) electrons. The van der Waals surface area contributed by atoms with Crippen LogP contribution in [0.15, 0.2) is 78.9 Å². The molecule has 0 bridgehead atoms. The quantitative estimate of drug-likeness (QED) is 0.184. The molecule has 2 unspecified atom stereocenters. The van der Waals surface area contributed by atoms with Gasteiger partial charge in [0.05, 0.1) is 23.7 Å². The highest BCUT2D eigenvalue weighted by atomic mass is 16.5. The number of methoxy groups -OCH3 is 1.